The van der Waals surface area contributed by atoms with E-state index in [1.165, 1.54) is 12.0 Å². The Morgan fingerprint density at radius 2 is 2.12 bits per heavy atom. The number of methoxy groups -OCH3 is 1. The van der Waals surface area contributed by atoms with Crippen molar-refractivity contribution < 1.29 is 23.8 Å². The summed E-state index contributed by atoms with van der Waals surface area (Å²) in [5, 5.41) is 9.37. The van der Waals surface area contributed by atoms with Gasteiger partial charge >= 0.3 is 6.09 Å². The molecule has 0 spiro atoms. The Labute approximate surface area is 100 Å². The molecule has 2 atom stereocenters. The van der Waals surface area contributed by atoms with Crippen LogP contribution in [0.4, 0.5) is 9.18 Å². The maximum Gasteiger partial charge on any atom is 0.410 e. The average Bonchev–Trinajstić information content (AvgIpc) is 2.58. The Morgan fingerprint density at radius 3 is 2.59 bits per heavy atom. The summed E-state index contributed by atoms with van der Waals surface area (Å²) in [5.74, 6) is 0. The molecule has 0 aromatic rings. The lowest BCUT2D eigenvalue weighted by Gasteiger charge is -2.27. The van der Waals surface area contributed by atoms with Gasteiger partial charge in [-0.25, -0.2) is 9.18 Å². The van der Waals surface area contributed by atoms with Crippen LogP contribution >= 0.6 is 0 Å². The minimum absolute atomic E-state index is 0.0429. The van der Waals surface area contributed by atoms with Crippen LogP contribution in [0.15, 0.2) is 0 Å². The summed E-state index contributed by atoms with van der Waals surface area (Å²) in [6, 6.07) is 0. The molecule has 1 aliphatic heterocycles. The normalized spacial score (nSPS) is 27.1. The van der Waals surface area contributed by atoms with Gasteiger partial charge in [-0.15, -0.1) is 0 Å². The van der Waals surface area contributed by atoms with E-state index in [2.05, 4.69) is 4.74 Å². The zero-order valence-corrected chi connectivity index (χ0v) is 10.7. The van der Waals surface area contributed by atoms with E-state index in [1.54, 1.807) is 20.8 Å². The van der Waals surface area contributed by atoms with Crippen molar-refractivity contribution in [3.05, 3.63) is 0 Å². The highest BCUT2D eigenvalue weighted by Gasteiger charge is 2.47. The van der Waals surface area contributed by atoms with Crippen LogP contribution in [0.1, 0.15) is 27.2 Å². The predicted octanol–water partition coefficient (Wildman–Crippen LogP) is 1.30. The van der Waals surface area contributed by atoms with E-state index in [-0.39, 0.29) is 19.5 Å². The molecule has 1 unspecified atom stereocenters. The SMILES string of the molecule is COC(O)[C@]1(F)CCN(C(=O)OC(C)(C)C)C1. The molecule has 0 radical (unpaired) electrons. The fourth-order valence-corrected chi connectivity index (χ4v) is 1.69. The standard InChI is InChI=1S/C11H20FNO4/c1-10(2,3)17-9(15)13-6-5-11(12,7-13)8(14)16-4/h8,14H,5-7H2,1-4H3/t8?,11-/m0/s1. The Balaban J connectivity index is 2.58. The first-order valence-electron chi connectivity index (χ1n) is 5.56. The first kappa shape index (κ1) is 14.2. The van der Waals surface area contributed by atoms with E-state index in [9.17, 15) is 14.3 Å². The quantitative estimate of drug-likeness (QED) is 0.749. The second-order valence-corrected chi connectivity index (χ2v) is 5.27. The number of hydrogen-bond acceptors (Lipinski definition) is 4. The molecule has 1 fully saturated rings. The molecule has 1 amide bonds. The number of aliphatic hydroxyl groups excluding tert-OH is 1. The lowest BCUT2D eigenvalue weighted by Crippen LogP contribution is -2.44. The number of halogens is 1. The van der Waals surface area contributed by atoms with Crippen LogP contribution in [0.25, 0.3) is 0 Å². The number of nitrogens with zero attached hydrogens (tertiary/aromatic N) is 1. The van der Waals surface area contributed by atoms with Crippen LogP contribution in [0, 0.1) is 0 Å². The van der Waals surface area contributed by atoms with E-state index >= 15 is 0 Å². The number of likely N-dealkylation sites (tertiary alicyclic amines) is 1. The molecule has 1 rings (SSSR count). The molecule has 1 aliphatic rings. The van der Waals surface area contributed by atoms with Crippen LogP contribution in [0.5, 0.6) is 0 Å². The summed E-state index contributed by atoms with van der Waals surface area (Å²) >= 11 is 0. The fourth-order valence-electron chi connectivity index (χ4n) is 1.69. The molecule has 1 saturated heterocycles. The number of alkyl halides is 1. The van der Waals surface area contributed by atoms with E-state index < -0.39 is 23.7 Å². The third-order valence-corrected chi connectivity index (χ3v) is 2.57. The summed E-state index contributed by atoms with van der Waals surface area (Å²) in [7, 11) is 1.22. The molecule has 1 N–H and O–H groups in total. The van der Waals surface area contributed by atoms with E-state index in [0.29, 0.717) is 0 Å². The summed E-state index contributed by atoms with van der Waals surface area (Å²) in [6.07, 6.45) is -2.04. The Hall–Kier alpha value is -0.880. The van der Waals surface area contributed by atoms with Gasteiger partial charge in [-0.3, -0.25) is 0 Å². The maximum absolute atomic E-state index is 14.1. The first-order chi connectivity index (χ1) is 7.68. The molecule has 5 nitrogen and oxygen atoms in total. The number of aliphatic hydroxyl groups is 1. The van der Waals surface area contributed by atoms with Gasteiger partial charge in [-0.1, -0.05) is 0 Å². The predicted molar refractivity (Wildman–Crippen MR) is 59.3 cm³/mol. The maximum atomic E-state index is 14.1. The zero-order valence-electron chi connectivity index (χ0n) is 10.7. The molecule has 6 heteroatoms. The van der Waals surface area contributed by atoms with Gasteiger partial charge in [0.25, 0.3) is 0 Å². The Bertz CT molecular complexity index is 292. The highest BCUT2D eigenvalue weighted by atomic mass is 19.1. The fraction of sp³-hybridized carbons (Fsp3) is 0.909. The van der Waals surface area contributed by atoms with Crippen molar-refractivity contribution >= 4 is 6.09 Å². The summed E-state index contributed by atoms with van der Waals surface area (Å²) in [5.41, 5.74) is -2.52. The van der Waals surface area contributed by atoms with Crippen LogP contribution < -0.4 is 0 Å². The van der Waals surface area contributed by atoms with Crippen molar-refractivity contribution in [1.29, 1.82) is 0 Å². The second kappa shape index (κ2) is 4.78. The summed E-state index contributed by atoms with van der Waals surface area (Å²) < 4.78 is 23.8. The van der Waals surface area contributed by atoms with Gasteiger partial charge in [0, 0.05) is 20.1 Å². The van der Waals surface area contributed by atoms with Crippen molar-refractivity contribution in [3.63, 3.8) is 0 Å². The van der Waals surface area contributed by atoms with Crippen LogP contribution in [0.3, 0.4) is 0 Å². The molecule has 0 aliphatic carbocycles. The van der Waals surface area contributed by atoms with E-state index in [1.807, 2.05) is 0 Å². The monoisotopic (exact) mass is 249 g/mol. The van der Waals surface area contributed by atoms with Crippen molar-refractivity contribution in [1.82, 2.24) is 4.90 Å². The van der Waals surface area contributed by atoms with Crippen LogP contribution in [-0.2, 0) is 9.47 Å². The van der Waals surface area contributed by atoms with Crippen LogP contribution in [0.2, 0.25) is 0 Å². The number of ether oxygens (including phenoxy) is 2. The second-order valence-electron chi connectivity index (χ2n) is 5.27. The zero-order chi connectivity index (χ0) is 13.3. The molecule has 100 valence electrons. The number of rotatable bonds is 2. The summed E-state index contributed by atoms with van der Waals surface area (Å²) in [4.78, 5) is 12.9. The number of carbonyl (C=O) groups is 1. The molecule has 0 aromatic heterocycles. The van der Waals surface area contributed by atoms with Gasteiger partial charge in [-0.05, 0) is 20.8 Å². The van der Waals surface area contributed by atoms with Crippen molar-refractivity contribution in [2.75, 3.05) is 20.2 Å². The largest absolute Gasteiger partial charge is 0.444 e. The van der Waals surface area contributed by atoms with Crippen molar-refractivity contribution in [2.45, 2.75) is 44.8 Å². The van der Waals surface area contributed by atoms with Gasteiger partial charge in [0.1, 0.15) is 5.60 Å². The van der Waals surface area contributed by atoms with Crippen LogP contribution in [-0.4, -0.2) is 53.9 Å². The van der Waals surface area contributed by atoms with Gasteiger partial charge in [-0.2, -0.15) is 0 Å². The lowest BCUT2D eigenvalue weighted by atomic mass is 10.1. The number of carbonyl (C=O) groups excluding carboxylic acids is 1. The van der Waals surface area contributed by atoms with Crippen molar-refractivity contribution in [2.24, 2.45) is 0 Å². The third kappa shape index (κ3) is 3.54. The van der Waals surface area contributed by atoms with Gasteiger partial charge < -0.3 is 19.5 Å². The molecule has 0 aromatic carbocycles. The van der Waals surface area contributed by atoms with Gasteiger partial charge in [0.05, 0.1) is 6.54 Å². The molecule has 17 heavy (non-hydrogen) atoms. The summed E-state index contributed by atoms with van der Waals surface area (Å²) in [6.45, 7) is 5.23. The average molecular weight is 249 g/mol. The minimum atomic E-state index is -1.91. The van der Waals surface area contributed by atoms with Crippen molar-refractivity contribution in [3.8, 4) is 0 Å². The van der Waals surface area contributed by atoms with E-state index in [0.717, 1.165) is 0 Å². The molecule has 0 bridgehead atoms. The highest BCUT2D eigenvalue weighted by Crippen LogP contribution is 2.30. The Morgan fingerprint density at radius 1 is 1.53 bits per heavy atom. The topological polar surface area (TPSA) is 59.0 Å². The highest BCUT2D eigenvalue weighted by molar-refractivity contribution is 5.68. The van der Waals surface area contributed by atoms with Gasteiger partial charge in [0.15, 0.2) is 12.0 Å². The van der Waals surface area contributed by atoms with E-state index in [4.69, 9.17) is 4.74 Å². The first-order valence-corrected chi connectivity index (χ1v) is 5.56. The number of amides is 1. The lowest BCUT2D eigenvalue weighted by molar-refractivity contribution is -0.162. The third-order valence-electron chi connectivity index (χ3n) is 2.57. The smallest absolute Gasteiger partial charge is 0.410 e. The molecule has 1 heterocycles. The number of hydrogen-bond donors (Lipinski definition) is 1. The molecule has 0 saturated carbocycles. The minimum Gasteiger partial charge on any atom is -0.444 e. The Kier molecular flexibility index (Phi) is 3.99. The molecular formula is C11H20FNO4. The van der Waals surface area contributed by atoms with Gasteiger partial charge in [0.2, 0.25) is 0 Å². The molecular weight excluding hydrogens is 229 g/mol.